The highest BCUT2D eigenvalue weighted by molar-refractivity contribution is 7.86. The predicted molar refractivity (Wildman–Crippen MR) is 42.9 cm³/mol. The van der Waals surface area contributed by atoms with Crippen LogP contribution in [0.3, 0.4) is 0 Å². The van der Waals surface area contributed by atoms with Crippen molar-refractivity contribution in [2.45, 2.75) is 18.1 Å². The van der Waals surface area contributed by atoms with Gasteiger partial charge in [-0.15, -0.1) is 6.58 Å². The van der Waals surface area contributed by atoms with Gasteiger partial charge in [-0.3, -0.25) is 4.21 Å². The fourth-order valence-corrected chi connectivity index (χ4v) is 0.984. The van der Waals surface area contributed by atoms with Crippen molar-refractivity contribution in [3.63, 3.8) is 0 Å². The minimum absolute atomic E-state index is 0.479. The van der Waals surface area contributed by atoms with Gasteiger partial charge in [-0.1, -0.05) is 6.08 Å². The Morgan fingerprint density at radius 2 is 2.40 bits per heavy atom. The molecule has 0 saturated carbocycles. The molecule has 0 aliphatic heterocycles. The van der Waals surface area contributed by atoms with Gasteiger partial charge in [0.05, 0.1) is 6.07 Å². The molecule has 0 aromatic rings. The molecule has 56 valence electrons. The van der Waals surface area contributed by atoms with E-state index in [1.54, 1.807) is 13.0 Å². The van der Waals surface area contributed by atoms with Gasteiger partial charge in [0, 0.05) is 17.1 Å². The maximum Gasteiger partial charge on any atom is 0.132 e. The highest BCUT2D eigenvalue weighted by Crippen LogP contribution is 2.15. The number of nitriles is 1. The summed E-state index contributed by atoms with van der Waals surface area (Å²) in [6, 6.07) is 2.01. The lowest BCUT2D eigenvalue weighted by Gasteiger charge is -2.14. The first-order valence-electron chi connectivity index (χ1n) is 2.92. The van der Waals surface area contributed by atoms with Gasteiger partial charge in [0.2, 0.25) is 0 Å². The van der Waals surface area contributed by atoms with Crippen LogP contribution in [0.25, 0.3) is 0 Å². The van der Waals surface area contributed by atoms with Gasteiger partial charge in [-0.25, -0.2) is 0 Å². The van der Waals surface area contributed by atoms with Gasteiger partial charge < -0.3 is 0 Å². The van der Waals surface area contributed by atoms with E-state index < -0.39 is 15.5 Å². The first-order chi connectivity index (χ1) is 4.56. The third kappa shape index (κ3) is 1.96. The topological polar surface area (TPSA) is 40.9 Å². The minimum Gasteiger partial charge on any atom is -0.258 e. The molecule has 10 heavy (non-hydrogen) atoms. The summed E-state index contributed by atoms with van der Waals surface area (Å²) in [5, 5.41) is 8.60. The van der Waals surface area contributed by atoms with Gasteiger partial charge in [-0.2, -0.15) is 5.26 Å². The number of hydrogen-bond donors (Lipinski definition) is 0. The summed E-state index contributed by atoms with van der Waals surface area (Å²) in [5.74, 6) is 0. The predicted octanol–water partition coefficient (Wildman–Crippen LogP) is 1.22. The van der Waals surface area contributed by atoms with E-state index in [-0.39, 0.29) is 0 Å². The second-order valence-corrected chi connectivity index (χ2v) is 4.10. The van der Waals surface area contributed by atoms with Crippen LogP contribution in [-0.4, -0.2) is 15.2 Å². The van der Waals surface area contributed by atoms with Crippen molar-refractivity contribution in [1.82, 2.24) is 0 Å². The van der Waals surface area contributed by atoms with Crippen molar-refractivity contribution in [2.75, 3.05) is 6.26 Å². The molecular weight excluding hydrogens is 146 g/mol. The summed E-state index contributed by atoms with van der Waals surface area (Å²) in [7, 11) is -1.10. The van der Waals surface area contributed by atoms with Crippen molar-refractivity contribution in [1.29, 1.82) is 5.26 Å². The Kier molecular flexibility index (Phi) is 3.31. The van der Waals surface area contributed by atoms with E-state index in [9.17, 15) is 4.21 Å². The van der Waals surface area contributed by atoms with Crippen LogP contribution in [0.5, 0.6) is 0 Å². The van der Waals surface area contributed by atoms with Crippen molar-refractivity contribution in [3.8, 4) is 6.07 Å². The summed E-state index contributed by atoms with van der Waals surface area (Å²) >= 11 is 0. The minimum atomic E-state index is -1.10. The van der Waals surface area contributed by atoms with E-state index in [1.807, 2.05) is 6.07 Å². The zero-order valence-corrected chi connectivity index (χ0v) is 7.07. The Balaban J connectivity index is 4.42. The average Bonchev–Trinajstić information content (AvgIpc) is 1.88. The molecule has 0 radical (unpaired) electrons. The lowest BCUT2D eigenvalue weighted by Crippen LogP contribution is -2.26. The monoisotopic (exact) mass is 157 g/mol. The summed E-state index contributed by atoms with van der Waals surface area (Å²) in [6.07, 6.45) is 3.63. The van der Waals surface area contributed by atoms with Crippen LogP contribution in [0.2, 0.25) is 0 Å². The molecule has 0 unspecified atom stereocenters. The molecule has 0 aromatic heterocycles. The molecule has 3 heteroatoms. The molecule has 0 N–H and O–H groups in total. The summed E-state index contributed by atoms with van der Waals surface area (Å²) < 4.78 is 10.2. The smallest absolute Gasteiger partial charge is 0.132 e. The number of hydrogen-bond acceptors (Lipinski definition) is 2. The molecule has 0 spiro atoms. The van der Waals surface area contributed by atoms with Gasteiger partial charge in [0.15, 0.2) is 0 Å². The summed E-state index contributed by atoms with van der Waals surface area (Å²) in [6.45, 7) is 5.16. The van der Waals surface area contributed by atoms with Crippen LogP contribution >= 0.6 is 0 Å². The van der Waals surface area contributed by atoms with E-state index >= 15 is 0 Å². The van der Waals surface area contributed by atoms with Crippen LogP contribution in [0, 0.1) is 11.3 Å². The third-order valence-corrected chi connectivity index (χ3v) is 2.93. The number of rotatable bonds is 3. The van der Waals surface area contributed by atoms with E-state index in [4.69, 9.17) is 5.26 Å². The fourth-order valence-electron chi connectivity index (χ4n) is 0.503. The highest BCUT2D eigenvalue weighted by atomic mass is 32.2. The molecule has 0 bridgehead atoms. The first kappa shape index (κ1) is 9.38. The molecule has 0 aliphatic rings. The highest BCUT2D eigenvalue weighted by Gasteiger charge is 2.26. The summed E-state index contributed by atoms with van der Waals surface area (Å²) in [5.41, 5.74) is 0. The molecule has 0 heterocycles. The third-order valence-electron chi connectivity index (χ3n) is 1.40. The molecule has 0 aromatic carbocycles. The molecule has 0 aliphatic carbocycles. The van der Waals surface area contributed by atoms with Crippen LogP contribution < -0.4 is 0 Å². The Hall–Kier alpha value is -0.620. The fraction of sp³-hybridized carbons (Fsp3) is 0.571. The van der Waals surface area contributed by atoms with Crippen molar-refractivity contribution >= 4 is 10.8 Å². The zero-order valence-electron chi connectivity index (χ0n) is 6.26. The SMILES string of the molecule is C=CC[C@@](C)(C#N)[S@@](C)=O. The van der Waals surface area contributed by atoms with Gasteiger partial charge >= 0.3 is 0 Å². The molecule has 2 atom stereocenters. The van der Waals surface area contributed by atoms with Crippen LogP contribution in [-0.2, 0) is 10.8 Å². The van der Waals surface area contributed by atoms with Crippen molar-refractivity contribution in [3.05, 3.63) is 12.7 Å². The standard InChI is InChI=1S/C7H11NOS/c1-4-5-7(2,6-8)10(3)9/h4H,1,5H2,2-3H3/t7-,10+/m0/s1. The van der Waals surface area contributed by atoms with Crippen molar-refractivity contribution < 1.29 is 4.21 Å². The Labute approximate surface area is 64.0 Å². The Bertz CT molecular complexity index is 194. The van der Waals surface area contributed by atoms with E-state index in [0.29, 0.717) is 6.42 Å². The largest absolute Gasteiger partial charge is 0.258 e. The first-order valence-corrected chi connectivity index (χ1v) is 4.48. The second-order valence-electron chi connectivity index (χ2n) is 2.29. The molecular formula is C7H11NOS. The molecule has 2 nitrogen and oxygen atoms in total. The van der Waals surface area contributed by atoms with Gasteiger partial charge in [0.25, 0.3) is 0 Å². The molecule has 0 rings (SSSR count). The lowest BCUT2D eigenvalue weighted by molar-refractivity contribution is 0.660. The Morgan fingerprint density at radius 1 is 1.90 bits per heavy atom. The second kappa shape index (κ2) is 3.52. The normalized spacial score (nSPS) is 18.5. The van der Waals surface area contributed by atoms with Crippen LogP contribution in [0.15, 0.2) is 12.7 Å². The number of allylic oxidation sites excluding steroid dienone is 1. The molecule has 0 amide bonds. The number of nitrogens with zero attached hydrogens (tertiary/aromatic N) is 1. The maximum atomic E-state index is 10.9. The molecule has 0 saturated heterocycles. The van der Waals surface area contributed by atoms with Gasteiger partial charge in [0.1, 0.15) is 4.75 Å². The van der Waals surface area contributed by atoms with E-state index in [0.717, 1.165) is 0 Å². The van der Waals surface area contributed by atoms with Gasteiger partial charge in [-0.05, 0) is 13.3 Å². The average molecular weight is 157 g/mol. The maximum absolute atomic E-state index is 10.9. The lowest BCUT2D eigenvalue weighted by atomic mass is 10.1. The van der Waals surface area contributed by atoms with Crippen molar-refractivity contribution in [2.24, 2.45) is 0 Å². The van der Waals surface area contributed by atoms with Crippen LogP contribution in [0.4, 0.5) is 0 Å². The van der Waals surface area contributed by atoms with E-state index in [1.165, 1.54) is 6.26 Å². The zero-order chi connectivity index (χ0) is 8.20. The summed E-state index contributed by atoms with van der Waals surface area (Å²) in [4.78, 5) is 0. The van der Waals surface area contributed by atoms with Crippen LogP contribution in [0.1, 0.15) is 13.3 Å². The quantitative estimate of drug-likeness (QED) is 0.578. The Morgan fingerprint density at radius 3 is 2.50 bits per heavy atom. The molecule has 0 fully saturated rings. The van der Waals surface area contributed by atoms with E-state index in [2.05, 4.69) is 6.58 Å².